The minimum atomic E-state index is -1.05. The number of methoxy groups -OCH3 is 1. The monoisotopic (exact) mass is 351 g/mol. The number of rotatable bonds is 4. The quantitative estimate of drug-likeness (QED) is 0.604. The van der Waals surface area contributed by atoms with Crippen molar-refractivity contribution < 1.29 is 14.6 Å². The number of nitrogens with zero attached hydrogens (tertiary/aromatic N) is 3. The Labute approximate surface area is 146 Å². The first-order chi connectivity index (χ1) is 12.2. The highest BCUT2D eigenvalue weighted by molar-refractivity contribution is 7.12. The maximum absolute atomic E-state index is 11.1. The largest absolute Gasteiger partial charge is 0.496 e. The summed E-state index contributed by atoms with van der Waals surface area (Å²) in [5, 5.41) is 16.8. The molecule has 0 amide bonds. The standard InChI is InChI=1S/C18H13N3O3S/c1-24-15-9-5-3-7-12(15)16-11-6-2-4-8-14(11)21(20-16)18-19-13(10-25-18)17(22)23/h2-10H,1H3,(H,22,23). The minimum Gasteiger partial charge on any atom is -0.496 e. The lowest BCUT2D eigenvalue weighted by Gasteiger charge is -2.05. The Morgan fingerprint density at radius 1 is 1.16 bits per heavy atom. The van der Waals surface area contributed by atoms with Crippen molar-refractivity contribution >= 4 is 28.2 Å². The fourth-order valence-corrected chi connectivity index (χ4v) is 3.47. The summed E-state index contributed by atoms with van der Waals surface area (Å²) in [7, 11) is 1.62. The number of thiazole rings is 1. The van der Waals surface area contributed by atoms with Crippen molar-refractivity contribution in [3.05, 3.63) is 59.6 Å². The summed E-state index contributed by atoms with van der Waals surface area (Å²) in [5.41, 5.74) is 2.50. The van der Waals surface area contributed by atoms with E-state index >= 15 is 0 Å². The van der Waals surface area contributed by atoms with Crippen molar-refractivity contribution in [1.82, 2.24) is 14.8 Å². The van der Waals surface area contributed by atoms with Crippen LogP contribution in [0, 0.1) is 0 Å². The minimum absolute atomic E-state index is 0.0124. The summed E-state index contributed by atoms with van der Waals surface area (Å²) in [5.74, 6) is -0.327. The molecule has 4 aromatic rings. The number of aromatic carboxylic acids is 1. The van der Waals surface area contributed by atoms with Gasteiger partial charge in [0.15, 0.2) is 5.69 Å². The average molecular weight is 351 g/mol. The van der Waals surface area contributed by atoms with E-state index in [1.807, 2.05) is 48.5 Å². The number of hydrogen-bond donors (Lipinski definition) is 1. The number of para-hydroxylation sites is 2. The van der Waals surface area contributed by atoms with Crippen molar-refractivity contribution in [2.45, 2.75) is 0 Å². The molecule has 6 nitrogen and oxygen atoms in total. The van der Waals surface area contributed by atoms with Crippen LogP contribution in [0.5, 0.6) is 5.75 Å². The van der Waals surface area contributed by atoms with Gasteiger partial charge in [0.1, 0.15) is 11.4 Å². The molecule has 0 aliphatic carbocycles. The first-order valence-electron chi connectivity index (χ1n) is 7.49. The van der Waals surface area contributed by atoms with Crippen LogP contribution in [-0.2, 0) is 0 Å². The average Bonchev–Trinajstić information content (AvgIpc) is 3.26. The maximum atomic E-state index is 11.1. The molecular formula is C18H13N3O3S. The molecular weight excluding hydrogens is 338 g/mol. The lowest BCUT2D eigenvalue weighted by atomic mass is 10.1. The van der Waals surface area contributed by atoms with Gasteiger partial charge in [-0.25, -0.2) is 14.5 Å². The van der Waals surface area contributed by atoms with Gasteiger partial charge in [0.2, 0.25) is 5.13 Å². The number of ether oxygens (including phenoxy) is 1. The molecule has 2 heterocycles. The number of carboxylic acid groups (broad SMARTS) is 1. The second kappa shape index (κ2) is 6.03. The van der Waals surface area contributed by atoms with E-state index in [4.69, 9.17) is 14.9 Å². The van der Waals surface area contributed by atoms with E-state index in [2.05, 4.69) is 4.98 Å². The molecule has 1 N–H and O–H groups in total. The van der Waals surface area contributed by atoms with E-state index in [0.29, 0.717) is 5.13 Å². The number of hydrogen-bond acceptors (Lipinski definition) is 5. The topological polar surface area (TPSA) is 77.2 Å². The molecule has 2 aromatic carbocycles. The Hall–Kier alpha value is -3.19. The smallest absolute Gasteiger partial charge is 0.355 e. The zero-order valence-electron chi connectivity index (χ0n) is 13.2. The number of fused-ring (bicyclic) bond motifs is 1. The van der Waals surface area contributed by atoms with Gasteiger partial charge >= 0.3 is 5.97 Å². The number of benzene rings is 2. The molecule has 7 heteroatoms. The Balaban J connectivity index is 1.97. The van der Waals surface area contributed by atoms with E-state index in [0.717, 1.165) is 27.9 Å². The van der Waals surface area contributed by atoms with Crippen molar-refractivity contribution in [2.75, 3.05) is 7.11 Å². The third-order valence-electron chi connectivity index (χ3n) is 3.84. The van der Waals surface area contributed by atoms with E-state index in [1.54, 1.807) is 11.8 Å². The summed E-state index contributed by atoms with van der Waals surface area (Å²) >= 11 is 1.24. The van der Waals surface area contributed by atoms with Crippen LogP contribution < -0.4 is 4.74 Å². The highest BCUT2D eigenvalue weighted by Gasteiger charge is 2.18. The molecule has 0 atom stereocenters. The van der Waals surface area contributed by atoms with Crippen LogP contribution in [0.1, 0.15) is 10.5 Å². The Kier molecular flexibility index (Phi) is 3.70. The summed E-state index contributed by atoms with van der Waals surface area (Å²) in [6.45, 7) is 0. The van der Waals surface area contributed by atoms with Gasteiger partial charge in [0.25, 0.3) is 0 Å². The Morgan fingerprint density at radius 2 is 1.92 bits per heavy atom. The first-order valence-corrected chi connectivity index (χ1v) is 8.37. The molecule has 124 valence electrons. The molecule has 0 spiro atoms. The molecule has 0 unspecified atom stereocenters. The van der Waals surface area contributed by atoms with E-state index in [-0.39, 0.29) is 5.69 Å². The van der Waals surface area contributed by atoms with Crippen LogP contribution in [0.25, 0.3) is 27.3 Å². The zero-order chi connectivity index (χ0) is 17.4. The molecule has 0 saturated heterocycles. The van der Waals surface area contributed by atoms with Gasteiger partial charge in [0, 0.05) is 16.3 Å². The highest BCUT2D eigenvalue weighted by atomic mass is 32.1. The molecule has 0 bridgehead atoms. The molecule has 0 fully saturated rings. The predicted molar refractivity (Wildman–Crippen MR) is 95.7 cm³/mol. The fourth-order valence-electron chi connectivity index (χ4n) is 2.71. The summed E-state index contributed by atoms with van der Waals surface area (Å²) in [6.07, 6.45) is 0. The second-order valence-corrected chi connectivity index (χ2v) is 6.13. The van der Waals surface area contributed by atoms with Crippen molar-refractivity contribution in [1.29, 1.82) is 0 Å². The van der Waals surface area contributed by atoms with Crippen molar-refractivity contribution in [3.63, 3.8) is 0 Å². The summed E-state index contributed by atoms with van der Waals surface area (Å²) in [4.78, 5) is 15.3. The third kappa shape index (κ3) is 2.54. The molecule has 0 aliphatic rings. The van der Waals surface area contributed by atoms with Crippen LogP contribution >= 0.6 is 11.3 Å². The number of aromatic nitrogens is 3. The van der Waals surface area contributed by atoms with Crippen LogP contribution in [0.3, 0.4) is 0 Å². The molecule has 0 aliphatic heterocycles. The van der Waals surface area contributed by atoms with E-state index in [1.165, 1.54) is 16.7 Å². The summed E-state index contributed by atoms with van der Waals surface area (Å²) < 4.78 is 7.13. The number of carboxylic acids is 1. The van der Waals surface area contributed by atoms with Gasteiger partial charge in [-0.05, 0) is 18.2 Å². The van der Waals surface area contributed by atoms with Crippen LogP contribution in [0.15, 0.2) is 53.9 Å². The number of carbonyl (C=O) groups is 1. The van der Waals surface area contributed by atoms with Gasteiger partial charge < -0.3 is 9.84 Å². The fraction of sp³-hybridized carbons (Fsp3) is 0.0556. The zero-order valence-corrected chi connectivity index (χ0v) is 14.0. The maximum Gasteiger partial charge on any atom is 0.355 e. The van der Waals surface area contributed by atoms with E-state index < -0.39 is 5.97 Å². The molecule has 2 aromatic heterocycles. The van der Waals surface area contributed by atoms with Gasteiger partial charge in [-0.1, -0.05) is 30.3 Å². The van der Waals surface area contributed by atoms with E-state index in [9.17, 15) is 4.79 Å². The molecule has 0 saturated carbocycles. The summed E-state index contributed by atoms with van der Waals surface area (Å²) in [6, 6.07) is 15.4. The lowest BCUT2D eigenvalue weighted by Crippen LogP contribution is -2.00. The van der Waals surface area contributed by atoms with Crippen molar-refractivity contribution in [3.8, 4) is 22.1 Å². The van der Waals surface area contributed by atoms with Gasteiger partial charge in [0.05, 0.1) is 12.6 Å². The van der Waals surface area contributed by atoms with Gasteiger partial charge in [-0.3, -0.25) is 0 Å². The van der Waals surface area contributed by atoms with Crippen molar-refractivity contribution in [2.24, 2.45) is 0 Å². The second-order valence-electron chi connectivity index (χ2n) is 5.30. The predicted octanol–water partition coefficient (Wildman–Crippen LogP) is 3.86. The van der Waals surface area contributed by atoms with Crippen LogP contribution in [-0.4, -0.2) is 33.0 Å². The molecule has 0 radical (unpaired) electrons. The van der Waals surface area contributed by atoms with Crippen LogP contribution in [0.4, 0.5) is 0 Å². The normalized spacial score (nSPS) is 10.9. The SMILES string of the molecule is COc1ccccc1-c1nn(-c2nc(C(=O)O)cs2)c2ccccc12. The first kappa shape index (κ1) is 15.3. The third-order valence-corrected chi connectivity index (χ3v) is 4.66. The Morgan fingerprint density at radius 3 is 2.68 bits per heavy atom. The van der Waals surface area contributed by atoms with Crippen LogP contribution in [0.2, 0.25) is 0 Å². The van der Waals surface area contributed by atoms with Gasteiger partial charge in [-0.15, -0.1) is 11.3 Å². The van der Waals surface area contributed by atoms with Gasteiger partial charge in [-0.2, -0.15) is 5.10 Å². The molecule has 25 heavy (non-hydrogen) atoms. The Bertz CT molecular complexity index is 1080. The lowest BCUT2D eigenvalue weighted by molar-refractivity contribution is 0.0691. The highest BCUT2D eigenvalue weighted by Crippen LogP contribution is 2.35. The molecule has 4 rings (SSSR count).